The number of aromatic nitrogens is 2. The van der Waals surface area contributed by atoms with E-state index in [-0.39, 0.29) is 5.91 Å². The van der Waals surface area contributed by atoms with Gasteiger partial charge in [0.2, 0.25) is 0 Å². The maximum Gasteiger partial charge on any atom is 0.256 e. The van der Waals surface area contributed by atoms with Gasteiger partial charge in [-0.15, -0.1) is 0 Å². The SMILES string of the molecule is Cc1ccc(C(=O)Nc2cc(N3CCN(Cc4ccccc4)CC3)ncn2)cc1. The molecule has 2 heterocycles. The van der Waals surface area contributed by atoms with Crippen molar-refractivity contribution < 1.29 is 4.79 Å². The summed E-state index contributed by atoms with van der Waals surface area (Å²) in [4.78, 5) is 25.7. The molecule has 29 heavy (non-hydrogen) atoms. The smallest absolute Gasteiger partial charge is 0.256 e. The van der Waals surface area contributed by atoms with Gasteiger partial charge in [-0.3, -0.25) is 9.69 Å². The number of aryl methyl sites for hydroxylation is 1. The number of rotatable bonds is 5. The van der Waals surface area contributed by atoms with Crippen molar-refractivity contribution >= 4 is 17.5 Å². The van der Waals surface area contributed by atoms with E-state index in [9.17, 15) is 4.79 Å². The summed E-state index contributed by atoms with van der Waals surface area (Å²) in [6.07, 6.45) is 1.51. The minimum Gasteiger partial charge on any atom is -0.354 e. The minimum absolute atomic E-state index is 0.165. The molecule has 1 aliphatic heterocycles. The number of benzene rings is 2. The van der Waals surface area contributed by atoms with E-state index < -0.39 is 0 Å². The molecule has 0 bridgehead atoms. The van der Waals surface area contributed by atoms with E-state index in [0.29, 0.717) is 11.4 Å². The lowest BCUT2D eigenvalue weighted by atomic mass is 10.1. The van der Waals surface area contributed by atoms with Crippen molar-refractivity contribution in [2.45, 2.75) is 13.5 Å². The fraction of sp³-hybridized carbons (Fsp3) is 0.261. The second kappa shape index (κ2) is 8.84. The van der Waals surface area contributed by atoms with E-state index in [2.05, 4.69) is 49.4 Å². The number of anilines is 2. The van der Waals surface area contributed by atoms with Crippen molar-refractivity contribution in [1.29, 1.82) is 0 Å². The summed E-state index contributed by atoms with van der Waals surface area (Å²) in [5.41, 5.74) is 3.08. The third-order valence-electron chi connectivity index (χ3n) is 5.15. The first-order valence-electron chi connectivity index (χ1n) is 9.89. The molecule has 3 aromatic rings. The summed E-state index contributed by atoms with van der Waals surface area (Å²) >= 11 is 0. The van der Waals surface area contributed by atoms with Crippen molar-refractivity contribution in [3.8, 4) is 0 Å². The van der Waals surface area contributed by atoms with Crippen LogP contribution < -0.4 is 10.2 Å². The van der Waals surface area contributed by atoms with Gasteiger partial charge < -0.3 is 10.2 Å². The summed E-state index contributed by atoms with van der Waals surface area (Å²) in [5.74, 6) is 1.20. The lowest BCUT2D eigenvalue weighted by Gasteiger charge is -2.35. The Labute approximate surface area is 171 Å². The maximum atomic E-state index is 12.4. The highest BCUT2D eigenvalue weighted by Crippen LogP contribution is 2.18. The largest absolute Gasteiger partial charge is 0.354 e. The fourth-order valence-corrected chi connectivity index (χ4v) is 3.46. The number of piperazine rings is 1. The molecule has 0 radical (unpaired) electrons. The Kier molecular flexibility index (Phi) is 5.81. The van der Waals surface area contributed by atoms with Crippen molar-refractivity contribution in [3.63, 3.8) is 0 Å². The molecule has 0 aliphatic carbocycles. The van der Waals surface area contributed by atoms with Crippen molar-refractivity contribution in [2.24, 2.45) is 0 Å². The molecular weight excluding hydrogens is 362 g/mol. The van der Waals surface area contributed by atoms with Crippen LogP contribution in [0, 0.1) is 6.92 Å². The van der Waals surface area contributed by atoms with Crippen molar-refractivity contribution in [2.75, 3.05) is 36.4 Å². The predicted molar refractivity (Wildman–Crippen MR) is 115 cm³/mol. The molecule has 1 amide bonds. The molecule has 1 saturated heterocycles. The van der Waals surface area contributed by atoms with Gasteiger partial charge in [-0.25, -0.2) is 9.97 Å². The first kappa shape index (κ1) is 19.1. The molecule has 0 unspecified atom stereocenters. The van der Waals surface area contributed by atoms with Gasteiger partial charge in [0.15, 0.2) is 0 Å². The molecular formula is C23H25N5O. The van der Waals surface area contributed by atoms with Crippen LogP contribution in [0.5, 0.6) is 0 Å². The van der Waals surface area contributed by atoms with Gasteiger partial charge in [-0.2, -0.15) is 0 Å². The molecule has 1 aromatic heterocycles. The molecule has 1 N–H and O–H groups in total. The highest BCUT2D eigenvalue weighted by molar-refractivity contribution is 6.03. The topological polar surface area (TPSA) is 61.4 Å². The van der Waals surface area contributed by atoms with Crippen LogP contribution in [0.1, 0.15) is 21.5 Å². The first-order valence-corrected chi connectivity index (χ1v) is 9.89. The average Bonchev–Trinajstić information content (AvgIpc) is 2.76. The van der Waals surface area contributed by atoms with Gasteiger partial charge in [0.1, 0.15) is 18.0 Å². The summed E-state index contributed by atoms with van der Waals surface area (Å²) in [5, 5.41) is 2.87. The predicted octanol–water partition coefficient (Wildman–Crippen LogP) is 3.36. The second-order valence-electron chi connectivity index (χ2n) is 7.33. The van der Waals surface area contributed by atoms with Crippen molar-refractivity contribution in [1.82, 2.24) is 14.9 Å². The molecule has 6 nitrogen and oxygen atoms in total. The number of hydrogen-bond donors (Lipinski definition) is 1. The maximum absolute atomic E-state index is 12.4. The zero-order valence-electron chi connectivity index (χ0n) is 16.6. The van der Waals surface area contributed by atoms with Crippen LogP contribution >= 0.6 is 0 Å². The van der Waals surface area contributed by atoms with Gasteiger partial charge in [-0.05, 0) is 24.6 Å². The standard InChI is InChI=1S/C23H25N5O/c1-18-7-9-20(10-8-18)23(29)26-21-15-22(25-17-24-21)28-13-11-27(12-14-28)16-19-5-3-2-4-6-19/h2-10,15,17H,11-14,16H2,1H3,(H,24,25,26,29). The molecule has 1 fully saturated rings. The molecule has 0 spiro atoms. The summed E-state index contributed by atoms with van der Waals surface area (Å²) < 4.78 is 0. The Balaban J connectivity index is 1.35. The Morgan fingerprint density at radius 3 is 2.41 bits per heavy atom. The molecule has 0 saturated carbocycles. The lowest BCUT2D eigenvalue weighted by Crippen LogP contribution is -2.46. The fourth-order valence-electron chi connectivity index (χ4n) is 3.46. The number of carbonyl (C=O) groups excluding carboxylic acids is 1. The number of nitrogens with one attached hydrogen (secondary N) is 1. The van der Waals surface area contributed by atoms with E-state index >= 15 is 0 Å². The van der Waals surface area contributed by atoms with E-state index in [1.165, 1.54) is 11.9 Å². The van der Waals surface area contributed by atoms with E-state index in [1.54, 1.807) is 0 Å². The van der Waals surface area contributed by atoms with Crippen LogP contribution in [0.4, 0.5) is 11.6 Å². The highest BCUT2D eigenvalue weighted by atomic mass is 16.1. The number of nitrogens with zero attached hydrogens (tertiary/aromatic N) is 4. The Morgan fingerprint density at radius 1 is 0.966 bits per heavy atom. The first-order chi connectivity index (χ1) is 14.2. The Bertz CT molecular complexity index is 951. The van der Waals surface area contributed by atoms with E-state index in [0.717, 1.165) is 44.1 Å². The van der Waals surface area contributed by atoms with Gasteiger partial charge in [0.05, 0.1) is 0 Å². The van der Waals surface area contributed by atoms with Crippen molar-refractivity contribution in [3.05, 3.63) is 83.7 Å². The summed E-state index contributed by atoms with van der Waals surface area (Å²) in [6, 6.07) is 19.9. The van der Waals surface area contributed by atoms with Crippen LogP contribution in [-0.4, -0.2) is 47.0 Å². The van der Waals surface area contributed by atoms with Crippen LogP contribution in [-0.2, 0) is 6.54 Å². The molecule has 6 heteroatoms. The van der Waals surface area contributed by atoms with Crippen LogP contribution in [0.2, 0.25) is 0 Å². The normalized spacial score (nSPS) is 14.6. The average molecular weight is 387 g/mol. The zero-order chi connectivity index (χ0) is 20.1. The van der Waals surface area contributed by atoms with Crippen LogP contribution in [0.3, 0.4) is 0 Å². The molecule has 0 atom stereocenters. The molecule has 4 rings (SSSR count). The third kappa shape index (κ3) is 4.97. The summed E-state index contributed by atoms with van der Waals surface area (Å²) in [7, 11) is 0. The molecule has 148 valence electrons. The minimum atomic E-state index is -0.165. The highest BCUT2D eigenvalue weighted by Gasteiger charge is 2.19. The monoisotopic (exact) mass is 387 g/mol. The van der Waals surface area contributed by atoms with Gasteiger partial charge in [0, 0.05) is 44.4 Å². The van der Waals surface area contributed by atoms with E-state index in [4.69, 9.17) is 0 Å². The lowest BCUT2D eigenvalue weighted by molar-refractivity contribution is 0.102. The number of amides is 1. The third-order valence-corrected chi connectivity index (χ3v) is 5.15. The van der Waals surface area contributed by atoms with E-state index in [1.807, 2.05) is 43.3 Å². The zero-order valence-corrected chi connectivity index (χ0v) is 16.6. The van der Waals surface area contributed by atoms with Crippen LogP contribution in [0.25, 0.3) is 0 Å². The number of carbonyl (C=O) groups is 1. The second-order valence-corrected chi connectivity index (χ2v) is 7.33. The number of hydrogen-bond acceptors (Lipinski definition) is 5. The van der Waals surface area contributed by atoms with Gasteiger partial charge in [-0.1, -0.05) is 48.0 Å². The summed E-state index contributed by atoms with van der Waals surface area (Å²) in [6.45, 7) is 6.71. The molecule has 2 aromatic carbocycles. The van der Waals surface area contributed by atoms with Gasteiger partial charge in [0.25, 0.3) is 5.91 Å². The van der Waals surface area contributed by atoms with Gasteiger partial charge >= 0.3 is 0 Å². The Hall–Kier alpha value is -3.25. The Morgan fingerprint density at radius 2 is 1.69 bits per heavy atom. The molecule has 1 aliphatic rings. The quantitative estimate of drug-likeness (QED) is 0.727. The van der Waals surface area contributed by atoms with Crippen LogP contribution in [0.15, 0.2) is 67.0 Å².